The predicted octanol–water partition coefficient (Wildman–Crippen LogP) is 2.73. The minimum Gasteiger partial charge on any atom is -0.261 e. The van der Waals surface area contributed by atoms with Crippen molar-refractivity contribution >= 4 is 0 Å². The molecule has 0 N–H and O–H groups in total. The highest BCUT2D eigenvalue weighted by Gasteiger charge is 2.15. The van der Waals surface area contributed by atoms with Crippen LogP contribution in [0, 0.1) is 0 Å². The van der Waals surface area contributed by atoms with Crippen LogP contribution in [0.4, 0.5) is 0 Å². The molecule has 0 fully saturated rings. The fraction of sp³-hybridized carbons (Fsp3) is 0.636. The largest absolute Gasteiger partial charge is 0.261 e. The van der Waals surface area contributed by atoms with E-state index in [1.807, 2.05) is 12.4 Å². The van der Waals surface area contributed by atoms with Gasteiger partial charge in [0, 0.05) is 17.8 Å². The lowest BCUT2D eigenvalue weighted by molar-refractivity contribution is 0.561. The van der Waals surface area contributed by atoms with Crippen LogP contribution in [-0.4, -0.2) is 9.97 Å². The van der Waals surface area contributed by atoms with Gasteiger partial charge in [-0.2, -0.15) is 0 Å². The Morgan fingerprint density at radius 1 is 1.23 bits per heavy atom. The first-order valence-electron chi connectivity index (χ1n) is 4.85. The molecule has 0 aliphatic heterocycles. The Labute approximate surface area is 80.4 Å². The molecule has 0 bridgehead atoms. The van der Waals surface area contributed by atoms with E-state index < -0.39 is 0 Å². The van der Waals surface area contributed by atoms with Crippen molar-refractivity contribution < 1.29 is 0 Å². The highest BCUT2D eigenvalue weighted by molar-refractivity contribution is 5.11. The van der Waals surface area contributed by atoms with Gasteiger partial charge in [-0.1, -0.05) is 34.1 Å². The van der Waals surface area contributed by atoms with Crippen molar-refractivity contribution in [1.29, 1.82) is 0 Å². The van der Waals surface area contributed by atoms with Gasteiger partial charge in [0.15, 0.2) is 0 Å². The van der Waals surface area contributed by atoms with Gasteiger partial charge >= 0.3 is 0 Å². The number of hydrogen-bond acceptors (Lipinski definition) is 2. The molecule has 13 heavy (non-hydrogen) atoms. The summed E-state index contributed by atoms with van der Waals surface area (Å²) in [5.74, 6) is 0. The summed E-state index contributed by atoms with van der Waals surface area (Å²) >= 11 is 0. The second-order valence-electron chi connectivity index (χ2n) is 4.40. The van der Waals surface area contributed by atoms with Crippen LogP contribution < -0.4 is 0 Å². The monoisotopic (exact) mass is 178 g/mol. The molecule has 2 nitrogen and oxygen atoms in total. The Balaban J connectivity index is 2.92. The summed E-state index contributed by atoms with van der Waals surface area (Å²) in [6, 6.07) is 0. The number of aromatic nitrogens is 2. The van der Waals surface area contributed by atoms with Crippen molar-refractivity contribution in [1.82, 2.24) is 9.97 Å². The number of nitrogens with zero attached hydrogens (tertiary/aromatic N) is 2. The Hall–Kier alpha value is -0.920. The summed E-state index contributed by atoms with van der Waals surface area (Å²) in [5, 5.41) is 0. The average Bonchev–Trinajstić information content (AvgIpc) is 2.04. The molecule has 1 heterocycles. The van der Waals surface area contributed by atoms with Gasteiger partial charge in [0.2, 0.25) is 0 Å². The van der Waals surface area contributed by atoms with Crippen LogP contribution in [0.2, 0.25) is 0 Å². The van der Waals surface area contributed by atoms with E-state index in [0.29, 0.717) is 0 Å². The van der Waals surface area contributed by atoms with Crippen LogP contribution in [0.3, 0.4) is 0 Å². The molecule has 1 aromatic heterocycles. The lowest BCUT2D eigenvalue weighted by atomic mass is 9.92. The molecule has 0 aliphatic carbocycles. The van der Waals surface area contributed by atoms with Gasteiger partial charge in [-0.15, -0.1) is 0 Å². The van der Waals surface area contributed by atoms with Crippen LogP contribution in [0.5, 0.6) is 0 Å². The molecule has 72 valence electrons. The third-order valence-corrected chi connectivity index (χ3v) is 1.96. The minimum absolute atomic E-state index is 0.108. The van der Waals surface area contributed by atoms with Crippen molar-refractivity contribution in [2.75, 3.05) is 0 Å². The number of aryl methyl sites for hydroxylation is 1. The normalized spacial score (nSPS) is 11.7. The Bertz CT molecular complexity index is 274. The van der Waals surface area contributed by atoms with E-state index in [4.69, 9.17) is 0 Å². The Morgan fingerprint density at radius 2 is 1.92 bits per heavy atom. The van der Waals surface area contributed by atoms with Gasteiger partial charge in [-0.3, -0.25) is 9.97 Å². The van der Waals surface area contributed by atoms with Crippen LogP contribution in [-0.2, 0) is 11.8 Å². The third-order valence-electron chi connectivity index (χ3n) is 1.96. The lowest BCUT2D eigenvalue weighted by Crippen LogP contribution is -2.14. The van der Waals surface area contributed by atoms with E-state index in [1.54, 1.807) is 0 Å². The molecular formula is C11H18N2. The summed E-state index contributed by atoms with van der Waals surface area (Å²) in [4.78, 5) is 8.78. The highest BCUT2D eigenvalue weighted by atomic mass is 14.8. The number of hydrogen-bond donors (Lipinski definition) is 0. The summed E-state index contributed by atoms with van der Waals surface area (Å²) < 4.78 is 0. The van der Waals surface area contributed by atoms with Crippen molar-refractivity contribution in [3.63, 3.8) is 0 Å². The van der Waals surface area contributed by atoms with Crippen LogP contribution in [0.15, 0.2) is 12.4 Å². The lowest BCUT2D eigenvalue weighted by Gasteiger charge is -2.17. The zero-order chi connectivity index (χ0) is 9.90. The predicted molar refractivity (Wildman–Crippen MR) is 54.7 cm³/mol. The zero-order valence-corrected chi connectivity index (χ0v) is 8.96. The molecule has 0 atom stereocenters. The molecule has 2 heteroatoms. The van der Waals surface area contributed by atoms with Crippen molar-refractivity contribution in [2.24, 2.45) is 0 Å². The topological polar surface area (TPSA) is 25.8 Å². The fourth-order valence-electron chi connectivity index (χ4n) is 1.14. The van der Waals surface area contributed by atoms with Gasteiger partial charge in [-0.25, -0.2) is 0 Å². The maximum atomic E-state index is 4.57. The smallest absolute Gasteiger partial charge is 0.0643 e. The molecule has 1 rings (SSSR count). The fourth-order valence-corrected chi connectivity index (χ4v) is 1.14. The summed E-state index contributed by atoms with van der Waals surface area (Å²) in [6.07, 6.45) is 5.87. The van der Waals surface area contributed by atoms with E-state index in [-0.39, 0.29) is 5.41 Å². The Morgan fingerprint density at radius 3 is 2.46 bits per heavy atom. The van der Waals surface area contributed by atoms with Crippen LogP contribution in [0.25, 0.3) is 0 Å². The maximum absolute atomic E-state index is 4.57. The molecule has 1 aromatic rings. The molecule has 0 aromatic carbocycles. The average molecular weight is 178 g/mol. The van der Waals surface area contributed by atoms with Crippen LogP contribution in [0.1, 0.15) is 45.5 Å². The van der Waals surface area contributed by atoms with Gasteiger partial charge in [0.05, 0.1) is 11.4 Å². The molecule has 0 aliphatic rings. The van der Waals surface area contributed by atoms with Crippen LogP contribution >= 0.6 is 0 Å². The highest BCUT2D eigenvalue weighted by Crippen LogP contribution is 2.19. The van der Waals surface area contributed by atoms with E-state index in [9.17, 15) is 0 Å². The zero-order valence-electron chi connectivity index (χ0n) is 8.96. The first kappa shape index (κ1) is 10.2. The van der Waals surface area contributed by atoms with Crippen molar-refractivity contribution in [3.8, 4) is 0 Å². The molecule has 0 saturated carbocycles. The second-order valence-corrected chi connectivity index (χ2v) is 4.40. The molecule has 0 saturated heterocycles. The van der Waals surface area contributed by atoms with Crippen molar-refractivity contribution in [2.45, 2.75) is 46.0 Å². The van der Waals surface area contributed by atoms with Gasteiger partial charge in [0.1, 0.15) is 0 Å². The summed E-state index contributed by atoms with van der Waals surface area (Å²) in [5.41, 5.74) is 2.30. The molecule has 0 unspecified atom stereocenters. The SMILES string of the molecule is CCCc1cncc(C(C)(C)C)n1. The standard InChI is InChI=1S/C11H18N2/c1-5-6-9-7-12-8-10(13-9)11(2,3)4/h7-8H,5-6H2,1-4H3. The maximum Gasteiger partial charge on any atom is 0.0643 e. The summed E-state index contributed by atoms with van der Waals surface area (Å²) in [7, 11) is 0. The van der Waals surface area contributed by atoms with Gasteiger partial charge in [-0.05, 0) is 6.42 Å². The van der Waals surface area contributed by atoms with Gasteiger partial charge < -0.3 is 0 Å². The molecule has 0 radical (unpaired) electrons. The van der Waals surface area contributed by atoms with Crippen molar-refractivity contribution in [3.05, 3.63) is 23.8 Å². The van der Waals surface area contributed by atoms with E-state index in [2.05, 4.69) is 37.7 Å². The quantitative estimate of drug-likeness (QED) is 0.696. The van der Waals surface area contributed by atoms with E-state index >= 15 is 0 Å². The molecule has 0 spiro atoms. The first-order valence-corrected chi connectivity index (χ1v) is 4.85. The first-order chi connectivity index (χ1) is 6.04. The van der Waals surface area contributed by atoms with E-state index in [0.717, 1.165) is 24.2 Å². The summed E-state index contributed by atoms with van der Waals surface area (Å²) in [6.45, 7) is 8.64. The second kappa shape index (κ2) is 3.86. The molecule has 0 amide bonds. The third kappa shape index (κ3) is 2.79. The number of rotatable bonds is 2. The van der Waals surface area contributed by atoms with E-state index in [1.165, 1.54) is 0 Å². The minimum atomic E-state index is 0.108. The van der Waals surface area contributed by atoms with Gasteiger partial charge in [0.25, 0.3) is 0 Å². The molecular weight excluding hydrogens is 160 g/mol. The Kier molecular flexibility index (Phi) is 3.02.